The standard InChI is InChI=1S/C4H6/c1-4(2)3/h1H,2H2,3H3. The van der Waals surface area contributed by atoms with Crippen molar-refractivity contribution in [2.75, 3.05) is 0 Å². The van der Waals surface area contributed by atoms with Gasteiger partial charge in [-0.05, 0) is 13.8 Å². The van der Waals surface area contributed by atoms with Crippen LogP contribution in [0.25, 0.3) is 0 Å². The Bertz CT molecular complexity index is 23.0. The van der Waals surface area contributed by atoms with Gasteiger partial charge in [-0.3, -0.25) is 0 Å². The van der Waals surface area contributed by atoms with Crippen LogP contribution < -0.4 is 0 Å². The van der Waals surface area contributed by atoms with Crippen molar-refractivity contribution >= 4 is 0 Å². The van der Waals surface area contributed by atoms with Crippen molar-refractivity contribution in [1.29, 1.82) is 0 Å². The van der Waals surface area contributed by atoms with Crippen molar-refractivity contribution in [2.24, 2.45) is 0 Å². The van der Waals surface area contributed by atoms with Crippen molar-refractivity contribution in [3.63, 3.8) is 0 Å². The highest BCUT2D eigenvalue weighted by Crippen LogP contribution is 1.72. The van der Waals surface area contributed by atoms with Gasteiger partial charge in [0.15, 0.2) is 0 Å². The molecule has 0 aromatic heterocycles. The third-order valence-electron chi connectivity index (χ3n) is 0. The summed E-state index contributed by atoms with van der Waals surface area (Å²) in [5.41, 5.74) is 0.667. The fourth-order valence-corrected chi connectivity index (χ4v) is 0. The summed E-state index contributed by atoms with van der Waals surface area (Å²) in [5, 5.41) is 0. The SMILES string of the molecule is [CH]C(=C)C. The molecule has 2 radical (unpaired) electrons. The van der Waals surface area contributed by atoms with Gasteiger partial charge in [0.1, 0.15) is 0 Å². The van der Waals surface area contributed by atoms with Crippen LogP contribution in [0.4, 0.5) is 0 Å². The second-order valence-corrected chi connectivity index (χ2v) is 0.846. The lowest BCUT2D eigenvalue weighted by atomic mass is 10.4. The average molecular weight is 54.1 g/mol. The molecule has 0 rings (SSSR count). The molecule has 0 amide bonds. The molecule has 0 atom stereocenters. The summed E-state index contributed by atoms with van der Waals surface area (Å²) in [6, 6.07) is 0. The first-order chi connectivity index (χ1) is 1.73. The van der Waals surface area contributed by atoms with Crippen molar-refractivity contribution in [3.05, 3.63) is 19.1 Å². The van der Waals surface area contributed by atoms with Crippen LogP contribution in [-0.4, -0.2) is 0 Å². The van der Waals surface area contributed by atoms with Crippen LogP contribution in [0.5, 0.6) is 0 Å². The highest BCUT2D eigenvalue weighted by atomic mass is 13.6. The van der Waals surface area contributed by atoms with Gasteiger partial charge < -0.3 is 0 Å². The fraction of sp³-hybridized carbons (Fsp3) is 0.250. The molecule has 0 aliphatic heterocycles. The minimum atomic E-state index is 0.667. The van der Waals surface area contributed by atoms with E-state index in [0.29, 0.717) is 5.57 Å². The molecular weight excluding hydrogens is 48.0 g/mol. The second-order valence-electron chi connectivity index (χ2n) is 0.846. The lowest BCUT2D eigenvalue weighted by molar-refractivity contribution is 1.58. The van der Waals surface area contributed by atoms with Crippen LogP contribution in [0.2, 0.25) is 0 Å². The molecule has 4 heavy (non-hydrogen) atoms. The molecule has 0 unspecified atom stereocenters. The Morgan fingerprint density at radius 3 is 2.00 bits per heavy atom. The molecule has 0 bridgehead atoms. The molecule has 0 aliphatic rings. The summed E-state index contributed by atoms with van der Waals surface area (Å²) in [4.78, 5) is 0. The quantitative estimate of drug-likeness (QED) is 0.390. The average Bonchev–Trinajstić information content (AvgIpc) is 0.811. The van der Waals surface area contributed by atoms with Gasteiger partial charge in [0.25, 0.3) is 0 Å². The number of allylic oxidation sites excluding steroid dienone is 1. The summed E-state index contributed by atoms with van der Waals surface area (Å²) in [6.45, 7) is 10.0. The highest BCUT2D eigenvalue weighted by Gasteiger charge is 1.52. The molecule has 0 aromatic rings. The van der Waals surface area contributed by atoms with Crippen LogP contribution in [0.1, 0.15) is 6.92 Å². The first-order valence-electron chi connectivity index (χ1n) is 1.14. The molecule has 0 fully saturated rings. The Kier molecular flexibility index (Phi) is 1.03. The van der Waals surface area contributed by atoms with Crippen LogP contribution in [0.15, 0.2) is 12.2 Å². The van der Waals surface area contributed by atoms with Gasteiger partial charge in [-0.15, -0.1) is 0 Å². The van der Waals surface area contributed by atoms with Crippen molar-refractivity contribution in [3.8, 4) is 0 Å². The summed E-state index contributed by atoms with van der Waals surface area (Å²) in [6.07, 6.45) is 0. The van der Waals surface area contributed by atoms with E-state index in [1.807, 2.05) is 0 Å². The monoisotopic (exact) mass is 54.0 g/mol. The predicted octanol–water partition coefficient (Wildman–Crippen LogP) is 1.27. The summed E-state index contributed by atoms with van der Waals surface area (Å²) in [7, 11) is 0. The topological polar surface area (TPSA) is 0 Å². The van der Waals surface area contributed by atoms with E-state index in [-0.39, 0.29) is 0 Å². The third kappa shape index (κ3) is 14.1. The van der Waals surface area contributed by atoms with E-state index in [1.165, 1.54) is 0 Å². The summed E-state index contributed by atoms with van der Waals surface area (Å²) in [5.74, 6) is 0. The Labute approximate surface area is 27.1 Å². The maximum absolute atomic E-state index is 4.92. The van der Waals surface area contributed by atoms with E-state index in [9.17, 15) is 0 Å². The minimum Gasteiger partial charge on any atom is -0.0998 e. The maximum atomic E-state index is 4.92. The van der Waals surface area contributed by atoms with Gasteiger partial charge in [-0.1, -0.05) is 12.2 Å². The van der Waals surface area contributed by atoms with E-state index < -0.39 is 0 Å². The fourth-order valence-electron chi connectivity index (χ4n) is 0. The molecule has 0 spiro atoms. The molecule has 0 heterocycles. The molecular formula is C4H6. The molecule has 0 nitrogen and oxygen atoms in total. The third-order valence-corrected chi connectivity index (χ3v) is 0. The van der Waals surface area contributed by atoms with E-state index in [4.69, 9.17) is 6.92 Å². The van der Waals surface area contributed by atoms with Gasteiger partial charge in [0.05, 0.1) is 0 Å². The molecule has 0 saturated heterocycles. The molecule has 0 aliphatic carbocycles. The maximum Gasteiger partial charge on any atom is -0.00659 e. The molecule has 0 aromatic carbocycles. The molecule has 0 heteroatoms. The predicted molar refractivity (Wildman–Crippen MR) is 19.1 cm³/mol. The molecule has 0 saturated carbocycles. The zero-order valence-corrected chi connectivity index (χ0v) is 2.78. The first-order valence-corrected chi connectivity index (χ1v) is 1.14. The zero-order valence-electron chi connectivity index (χ0n) is 2.78. The smallest absolute Gasteiger partial charge is 0.00659 e. The first kappa shape index (κ1) is 3.74. The minimum absolute atomic E-state index is 0.667. The van der Waals surface area contributed by atoms with Crippen LogP contribution in [-0.2, 0) is 0 Å². The second kappa shape index (κ2) is 1.10. The lowest BCUT2D eigenvalue weighted by Crippen LogP contribution is -1.44. The number of rotatable bonds is 0. The van der Waals surface area contributed by atoms with Crippen LogP contribution in [0.3, 0.4) is 0 Å². The Morgan fingerprint density at radius 2 is 2.00 bits per heavy atom. The highest BCUT2D eigenvalue weighted by molar-refractivity contribution is 4.90. The Balaban J connectivity index is 2.80. The van der Waals surface area contributed by atoms with Gasteiger partial charge >= 0.3 is 0 Å². The molecule has 0 N–H and O–H groups in total. The Morgan fingerprint density at radius 1 is 2.00 bits per heavy atom. The summed E-state index contributed by atoms with van der Waals surface area (Å²) < 4.78 is 0. The van der Waals surface area contributed by atoms with E-state index >= 15 is 0 Å². The molecule has 22 valence electrons. The number of hydrogen-bond donors (Lipinski definition) is 0. The van der Waals surface area contributed by atoms with Crippen molar-refractivity contribution in [2.45, 2.75) is 6.92 Å². The van der Waals surface area contributed by atoms with Crippen LogP contribution in [0, 0.1) is 6.92 Å². The number of hydrogen-bond acceptors (Lipinski definition) is 0. The normalized spacial score (nSPS) is 6.50. The zero-order chi connectivity index (χ0) is 3.58. The Hall–Kier alpha value is -0.260. The van der Waals surface area contributed by atoms with Gasteiger partial charge in [0, 0.05) is 0 Å². The largest absolute Gasteiger partial charge is 0.0998 e. The van der Waals surface area contributed by atoms with Crippen LogP contribution >= 0.6 is 0 Å². The van der Waals surface area contributed by atoms with Gasteiger partial charge in [0.2, 0.25) is 0 Å². The van der Waals surface area contributed by atoms with E-state index in [0.717, 1.165) is 0 Å². The lowest BCUT2D eigenvalue weighted by Gasteiger charge is -1.64. The van der Waals surface area contributed by atoms with Crippen molar-refractivity contribution < 1.29 is 0 Å². The van der Waals surface area contributed by atoms with E-state index in [1.54, 1.807) is 6.92 Å². The summed E-state index contributed by atoms with van der Waals surface area (Å²) >= 11 is 0. The van der Waals surface area contributed by atoms with Gasteiger partial charge in [-0.25, -0.2) is 0 Å². The van der Waals surface area contributed by atoms with Gasteiger partial charge in [-0.2, -0.15) is 0 Å². The van der Waals surface area contributed by atoms with E-state index in [2.05, 4.69) is 6.58 Å². The van der Waals surface area contributed by atoms with Crippen molar-refractivity contribution in [1.82, 2.24) is 0 Å².